The van der Waals surface area contributed by atoms with Crippen molar-refractivity contribution in [3.63, 3.8) is 0 Å². The van der Waals surface area contributed by atoms with Crippen molar-refractivity contribution in [2.24, 2.45) is 22.4 Å². The molecule has 0 spiro atoms. The van der Waals surface area contributed by atoms with Crippen LogP contribution in [0.3, 0.4) is 0 Å². The number of nitrogens with two attached hydrogens (primary N) is 3. The molecule has 0 bridgehead atoms. The Morgan fingerprint density at radius 1 is 1.45 bits per heavy atom. The van der Waals surface area contributed by atoms with Gasteiger partial charge in [-0.1, -0.05) is 19.9 Å². The summed E-state index contributed by atoms with van der Waals surface area (Å²) in [7, 11) is 0. The quantitative estimate of drug-likeness (QED) is 0.0957. The topological polar surface area (TPSA) is 152 Å². The highest BCUT2D eigenvalue weighted by molar-refractivity contribution is 8.04. The zero-order chi connectivity index (χ0) is 22.0. The van der Waals surface area contributed by atoms with Crippen LogP contribution in [0.4, 0.5) is 11.4 Å². The summed E-state index contributed by atoms with van der Waals surface area (Å²) in [5.41, 5.74) is 17.9. The van der Waals surface area contributed by atoms with Crippen molar-refractivity contribution in [2.45, 2.75) is 38.0 Å². The largest absolute Gasteiger partial charge is 0.505 e. The second kappa shape index (κ2) is 12.2. The van der Waals surface area contributed by atoms with Gasteiger partial charge < -0.3 is 22.3 Å². The number of aliphatic hydroxyl groups is 1. The molecular weight excluding hydrogens is 406 g/mol. The number of thioether (sulfide) groups is 1. The Morgan fingerprint density at radius 3 is 2.62 bits per heavy atom. The molecule has 1 aromatic carbocycles. The van der Waals surface area contributed by atoms with Gasteiger partial charge in [-0.3, -0.25) is 10.2 Å². The predicted molar refractivity (Wildman–Crippen MR) is 126 cm³/mol. The highest BCUT2D eigenvalue weighted by Crippen LogP contribution is 2.30. The predicted octanol–water partition coefficient (Wildman–Crippen LogP) is 3.94. The van der Waals surface area contributed by atoms with Crippen LogP contribution < -0.4 is 17.2 Å². The third-order valence-electron chi connectivity index (χ3n) is 4.00. The summed E-state index contributed by atoms with van der Waals surface area (Å²) in [6, 6.07) is 5.17. The summed E-state index contributed by atoms with van der Waals surface area (Å²) in [5, 5.41) is 19.0. The van der Waals surface area contributed by atoms with Crippen LogP contribution in [0, 0.1) is 11.3 Å². The number of hydrogen-bond donors (Lipinski definition) is 6. The number of rotatable bonds is 7. The smallest absolute Gasteiger partial charge is 0.204 e. The Morgan fingerprint density at radius 2 is 2.10 bits per heavy atom. The van der Waals surface area contributed by atoms with Crippen LogP contribution in [0.1, 0.15) is 33.1 Å². The van der Waals surface area contributed by atoms with Crippen LogP contribution in [-0.2, 0) is 4.79 Å². The number of nitrogen functional groups attached to an aromatic ring is 1. The van der Waals surface area contributed by atoms with Crippen LogP contribution in [0.25, 0.3) is 0 Å². The lowest BCUT2D eigenvalue weighted by Gasteiger charge is -2.14. The molecule has 1 aliphatic rings. The second-order valence-corrected chi connectivity index (χ2v) is 8.34. The lowest BCUT2D eigenvalue weighted by Crippen LogP contribution is -2.20. The SMILES string of the molecule is CC(C)CC/C(C(N)=Nc1ccc(N)cc1S)=C(/O)C(=N)C1=CCCS1.NC=O. The molecule has 1 aliphatic heterocycles. The highest BCUT2D eigenvalue weighted by atomic mass is 32.2. The summed E-state index contributed by atoms with van der Waals surface area (Å²) in [6.07, 6.45) is 4.53. The zero-order valence-electron chi connectivity index (χ0n) is 16.7. The number of carbonyl (C=O) groups is 1. The number of hydrogen-bond acceptors (Lipinski definition) is 7. The summed E-state index contributed by atoms with van der Waals surface area (Å²) in [6.45, 7) is 4.21. The monoisotopic (exact) mass is 435 g/mol. The fourth-order valence-electron chi connectivity index (χ4n) is 2.49. The number of amidine groups is 1. The minimum atomic E-state index is -0.0938. The van der Waals surface area contributed by atoms with Crippen molar-refractivity contribution in [1.82, 2.24) is 0 Å². The minimum absolute atomic E-state index is 0.0938. The number of carbonyl (C=O) groups excluding carboxylic acids is 1. The minimum Gasteiger partial charge on any atom is -0.505 e. The van der Waals surface area contributed by atoms with Crippen molar-refractivity contribution < 1.29 is 9.90 Å². The van der Waals surface area contributed by atoms with E-state index in [0.29, 0.717) is 34.2 Å². The lowest BCUT2D eigenvalue weighted by molar-refractivity contribution is -0.106. The Labute approximate surface area is 181 Å². The molecule has 0 saturated heterocycles. The average molecular weight is 436 g/mol. The number of benzene rings is 1. The molecule has 7 nitrogen and oxygen atoms in total. The number of nitrogens with zero attached hydrogens (tertiary/aromatic N) is 1. The van der Waals surface area contributed by atoms with Gasteiger partial charge in [-0.25, -0.2) is 4.99 Å². The van der Waals surface area contributed by atoms with Crippen molar-refractivity contribution in [3.8, 4) is 0 Å². The van der Waals surface area contributed by atoms with E-state index in [4.69, 9.17) is 21.7 Å². The summed E-state index contributed by atoms with van der Waals surface area (Å²) >= 11 is 5.96. The molecule has 0 saturated carbocycles. The maximum atomic E-state index is 10.7. The van der Waals surface area contributed by atoms with Crippen LogP contribution in [0.15, 0.2) is 50.4 Å². The number of aliphatic hydroxyl groups excluding tert-OH is 1. The third-order valence-corrected chi connectivity index (χ3v) is 5.48. The van der Waals surface area contributed by atoms with E-state index in [9.17, 15) is 5.11 Å². The van der Waals surface area contributed by atoms with Gasteiger partial charge in [-0.2, -0.15) is 0 Å². The molecule has 2 rings (SSSR count). The highest BCUT2D eigenvalue weighted by Gasteiger charge is 2.20. The first-order chi connectivity index (χ1) is 13.7. The van der Waals surface area contributed by atoms with Crippen molar-refractivity contribution in [1.29, 1.82) is 5.41 Å². The molecular formula is C20H29N5O2S2. The van der Waals surface area contributed by atoms with Crippen molar-refractivity contribution in [2.75, 3.05) is 11.5 Å². The van der Waals surface area contributed by atoms with Crippen molar-refractivity contribution in [3.05, 3.63) is 40.5 Å². The van der Waals surface area contributed by atoms with E-state index in [0.717, 1.165) is 23.5 Å². The molecule has 29 heavy (non-hydrogen) atoms. The van der Waals surface area contributed by atoms with Gasteiger partial charge in [0, 0.05) is 26.8 Å². The van der Waals surface area contributed by atoms with Crippen LogP contribution in [0.2, 0.25) is 0 Å². The van der Waals surface area contributed by atoms with Gasteiger partial charge in [0.15, 0.2) is 0 Å². The van der Waals surface area contributed by atoms with Gasteiger partial charge in [0.05, 0.1) is 5.69 Å². The van der Waals surface area contributed by atoms with Gasteiger partial charge >= 0.3 is 0 Å². The summed E-state index contributed by atoms with van der Waals surface area (Å²) in [4.78, 5) is 14.4. The number of aliphatic imine (C=N–C) groups is 1. The maximum absolute atomic E-state index is 10.7. The van der Waals surface area contributed by atoms with Gasteiger partial charge in [-0.15, -0.1) is 24.4 Å². The number of amides is 1. The molecule has 1 heterocycles. The van der Waals surface area contributed by atoms with Crippen molar-refractivity contribution >= 4 is 53.7 Å². The second-order valence-electron chi connectivity index (χ2n) is 6.72. The Hall–Kier alpha value is -2.39. The van der Waals surface area contributed by atoms with Gasteiger partial charge in [0.25, 0.3) is 0 Å². The van der Waals surface area contributed by atoms with Gasteiger partial charge in [0.1, 0.15) is 17.3 Å². The molecule has 0 unspecified atom stereocenters. The number of primary amides is 1. The Balaban J connectivity index is 0.00000132. The van der Waals surface area contributed by atoms with Crippen LogP contribution in [-0.4, -0.2) is 28.8 Å². The number of anilines is 1. The Bertz CT molecular complexity index is 832. The third kappa shape index (κ3) is 7.86. The van der Waals surface area contributed by atoms with E-state index >= 15 is 0 Å². The fourth-order valence-corrected chi connectivity index (χ4v) is 3.70. The average Bonchev–Trinajstić information content (AvgIpc) is 3.18. The maximum Gasteiger partial charge on any atom is 0.204 e. The zero-order valence-corrected chi connectivity index (χ0v) is 18.4. The molecule has 1 amide bonds. The molecule has 0 atom stereocenters. The van der Waals surface area contributed by atoms with E-state index in [-0.39, 0.29) is 23.7 Å². The number of allylic oxidation sites excluding steroid dienone is 2. The van der Waals surface area contributed by atoms with E-state index in [1.165, 1.54) is 0 Å². The van der Waals surface area contributed by atoms with Gasteiger partial charge in [0.2, 0.25) is 6.41 Å². The molecule has 158 valence electrons. The van der Waals surface area contributed by atoms with E-state index in [1.807, 2.05) is 6.08 Å². The molecule has 1 aromatic rings. The first kappa shape index (κ1) is 24.6. The normalized spacial score (nSPS) is 14.6. The Kier molecular flexibility index (Phi) is 10.4. The summed E-state index contributed by atoms with van der Waals surface area (Å²) < 4.78 is 0. The fraction of sp³-hybridized carbons (Fsp3) is 0.350. The molecule has 0 aromatic heterocycles. The first-order valence-corrected chi connectivity index (χ1v) is 10.6. The molecule has 0 aliphatic carbocycles. The van der Waals surface area contributed by atoms with E-state index in [2.05, 4.69) is 37.2 Å². The first-order valence-electron chi connectivity index (χ1n) is 9.14. The van der Waals surface area contributed by atoms with Crippen LogP contribution >= 0.6 is 24.4 Å². The standard InChI is InChI=1S/C19H26N4OS2.CH3NO/c1-11(2)5-7-13(18(24)17(21)16-4-3-9-26-16)19(22)23-14-8-6-12(20)10-15(14)25;2-1-3/h4,6,8,10-11,21,24-25H,3,5,7,9,20H2,1-2H3,(H2,22,23);1H,(H2,2,3)/b18-13-,21-17?;. The number of nitrogens with one attached hydrogen (secondary N) is 1. The lowest BCUT2D eigenvalue weighted by atomic mass is 9.99. The molecule has 9 heteroatoms. The number of thiol groups is 1. The molecule has 0 fully saturated rings. The van der Waals surface area contributed by atoms with E-state index < -0.39 is 0 Å². The van der Waals surface area contributed by atoms with Crippen LogP contribution in [0.5, 0.6) is 0 Å². The molecule has 0 radical (unpaired) electrons. The van der Waals surface area contributed by atoms with E-state index in [1.54, 1.807) is 30.0 Å². The summed E-state index contributed by atoms with van der Waals surface area (Å²) in [5.74, 6) is 1.49. The molecule has 8 N–H and O–H groups in total. The van der Waals surface area contributed by atoms with Gasteiger partial charge in [-0.05, 0) is 43.4 Å².